The molecule has 0 atom stereocenters. The highest BCUT2D eigenvalue weighted by atomic mass is 79.9. The van der Waals surface area contributed by atoms with Gasteiger partial charge in [0, 0.05) is 22.5 Å². The van der Waals surface area contributed by atoms with Gasteiger partial charge in [0.05, 0.1) is 5.69 Å². The van der Waals surface area contributed by atoms with Gasteiger partial charge in [-0.25, -0.2) is 0 Å². The molecule has 102 valence electrons. The number of hydrogen-bond donors (Lipinski definition) is 0. The van der Waals surface area contributed by atoms with Crippen LogP contribution in [0.4, 0.5) is 3.89 Å². The van der Waals surface area contributed by atoms with Gasteiger partial charge in [0.25, 0.3) is 0 Å². The van der Waals surface area contributed by atoms with Crippen molar-refractivity contribution >= 4 is 28.3 Å². The second-order valence-electron chi connectivity index (χ2n) is 4.79. The Balaban J connectivity index is 2.72. The lowest BCUT2D eigenvalue weighted by molar-refractivity contribution is 0.863. The van der Waals surface area contributed by atoms with E-state index in [-0.39, 0.29) is 18.3 Å². The zero-order chi connectivity index (χ0) is 14.2. The minimum atomic E-state index is 0.110. The van der Waals surface area contributed by atoms with Gasteiger partial charge < -0.3 is 0 Å². The molecule has 0 fully saturated rings. The van der Waals surface area contributed by atoms with Crippen LogP contribution >= 0.6 is 28.3 Å². The molecule has 2 heterocycles. The summed E-state index contributed by atoms with van der Waals surface area (Å²) in [6.07, 6.45) is 0. The van der Waals surface area contributed by atoms with E-state index in [1.54, 1.807) is 0 Å². The molecule has 0 amide bonds. The molecular formula is C13H15BrFN3S. The molecule has 0 bridgehead atoms. The predicted octanol–water partition coefficient (Wildman–Crippen LogP) is 4.83. The quantitative estimate of drug-likeness (QED) is 0.799. The van der Waals surface area contributed by atoms with Gasteiger partial charge in [-0.3, -0.25) is 4.98 Å². The Labute approximate surface area is 125 Å². The summed E-state index contributed by atoms with van der Waals surface area (Å²) in [4.78, 5) is 4.35. The molecule has 0 aliphatic heterocycles. The SMILES string of the molecule is Cc1cc(-c2c(C(C)C)c(Br)nn2SF)cc(C)n1. The van der Waals surface area contributed by atoms with Gasteiger partial charge in [0.15, 0.2) is 12.3 Å². The topological polar surface area (TPSA) is 30.7 Å². The molecule has 0 N–H and O–H groups in total. The molecule has 0 spiro atoms. The molecule has 0 radical (unpaired) electrons. The first-order chi connectivity index (χ1) is 8.93. The zero-order valence-corrected chi connectivity index (χ0v) is 13.6. The monoisotopic (exact) mass is 343 g/mol. The molecule has 2 aromatic heterocycles. The van der Waals surface area contributed by atoms with Crippen LogP contribution in [-0.2, 0) is 0 Å². The maximum absolute atomic E-state index is 13.1. The summed E-state index contributed by atoms with van der Waals surface area (Å²) in [6.45, 7) is 8.01. The van der Waals surface area contributed by atoms with Gasteiger partial charge in [-0.1, -0.05) is 13.8 Å². The van der Waals surface area contributed by atoms with Crippen molar-refractivity contribution in [3.8, 4) is 11.3 Å². The lowest BCUT2D eigenvalue weighted by Crippen LogP contribution is -1.97. The number of rotatable bonds is 3. The average Bonchev–Trinajstić information content (AvgIpc) is 2.64. The van der Waals surface area contributed by atoms with Crippen LogP contribution in [0.3, 0.4) is 0 Å². The lowest BCUT2D eigenvalue weighted by Gasteiger charge is -2.10. The third-order valence-electron chi connectivity index (χ3n) is 2.84. The van der Waals surface area contributed by atoms with Gasteiger partial charge in [0.2, 0.25) is 0 Å². The molecule has 0 unspecified atom stereocenters. The summed E-state index contributed by atoms with van der Waals surface area (Å²) in [5, 5.41) is 4.19. The highest BCUT2D eigenvalue weighted by molar-refractivity contribution is 9.10. The van der Waals surface area contributed by atoms with E-state index in [1.165, 1.54) is 4.09 Å². The minimum Gasteiger partial charge on any atom is -0.258 e. The normalized spacial score (nSPS) is 11.3. The summed E-state index contributed by atoms with van der Waals surface area (Å²) < 4.78 is 15.1. The van der Waals surface area contributed by atoms with Crippen LogP contribution in [0.1, 0.15) is 36.7 Å². The fourth-order valence-corrected chi connectivity index (χ4v) is 3.48. The highest BCUT2D eigenvalue weighted by Crippen LogP contribution is 2.37. The Morgan fingerprint density at radius 1 is 1.26 bits per heavy atom. The summed E-state index contributed by atoms with van der Waals surface area (Å²) in [7, 11) is 0. The maximum Gasteiger partial charge on any atom is 0.188 e. The van der Waals surface area contributed by atoms with E-state index < -0.39 is 0 Å². The van der Waals surface area contributed by atoms with Crippen molar-refractivity contribution in [1.82, 2.24) is 14.2 Å². The Morgan fingerprint density at radius 3 is 2.32 bits per heavy atom. The smallest absolute Gasteiger partial charge is 0.188 e. The van der Waals surface area contributed by atoms with E-state index in [9.17, 15) is 3.89 Å². The van der Waals surface area contributed by atoms with Gasteiger partial charge in [-0.2, -0.15) is 9.19 Å². The van der Waals surface area contributed by atoms with Crippen LogP contribution in [0.2, 0.25) is 0 Å². The summed E-state index contributed by atoms with van der Waals surface area (Å²) >= 11 is 3.53. The minimum absolute atomic E-state index is 0.110. The second kappa shape index (κ2) is 5.63. The van der Waals surface area contributed by atoms with Gasteiger partial charge in [-0.15, -0.1) is 3.89 Å². The third kappa shape index (κ3) is 2.84. The van der Waals surface area contributed by atoms with Crippen molar-refractivity contribution < 1.29 is 3.89 Å². The molecule has 0 saturated heterocycles. The van der Waals surface area contributed by atoms with Crippen molar-refractivity contribution in [3.05, 3.63) is 33.7 Å². The fourth-order valence-electron chi connectivity index (χ4n) is 2.18. The van der Waals surface area contributed by atoms with Crippen LogP contribution in [0.15, 0.2) is 16.7 Å². The molecule has 0 aliphatic carbocycles. The van der Waals surface area contributed by atoms with Crippen molar-refractivity contribution in [1.29, 1.82) is 0 Å². The highest BCUT2D eigenvalue weighted by Gasteiger charge is 2.21. The Kier molecular flexibility index (Phi) is 4.30. The molecule has 6 heteroatoms. The third-order valence-corrected chi connectivity index (χ3v) is 3.83. The molecular weight excluding hydrogens is 329 g/mol. The molecule has 3 nitrogen and oxygen atoms in total. The number of hydrogen-bond acceptors (Lipinski definition) is 3. The molecule has 2 rings (SSSR count). The standard InChI is InChI=1S/C13H15BrFN3S/c1-7(2)11-12(18(19-15)17-13(11)14)10-5-8(3)16-9(4)6-10/h5-7H,1-4H3. The molecule has 0 aromatic carbocycles. The van der Waals surface area contributed by atoms with Gasteiger partial charge in [-0.05, 0) is 47.8 Å². The first-order valence-corrected chi connectivity index (χ1v) is 7.44. The summed E-state index contributed by atoms with van der Waals surface area (Å²) in [5.41, 5.74) is 4.57. The average molecular weight is 344 g/mol. The van der Waals surface area contributed by atoms with Crippen LogP contribution in [0.5, 0.6) is 0 Å². The molecule has 0 saturated carbocycles. The predicted molar refractivity (Wildman–Crippen MR) is 80.8 cm³/mol. The molecule has 19 heavy (non-hydrogen) atoms. The van der Waals surface area contributed by atoms with Crippen molar-refractivity contribution in [2.24, 2.45) is 0 Å². The maximum atomic E-state index is 13.1. The molecule has 0 aliphatic rings. The Morgan fingerprint density at radius 2 is 1.84 bits per heavy atom. The first kappa shape index (κ1) is 14.5. The van der Waals surface area contributed by atoms with Gasteiger partial charge >= 0.3 is 0 Å². The van der Waals surface area contributed by atoms with Gasteiger partial charge in [0.1, 0.15) is 4.60 Å². The summed E-state index contributed by atoms with van der Waals surface area (Å²) in [6, 6.07) is 3.91. The van der Waals surface area contributed by atoms with Crippen molar-refractivity contribution in [2.45, 2.75) is 33.6 Å². The van der Waals surface area contributed by atoms with E-state index in [4.69, 9.17) is 0 Å². The molecule has 2 aromatic rings. The Hall–Kier alpha value is -0.880. The van der Waals surface area contributed by atoms with Crippen LogP contribution in [-0.4, -0.2) is 14.2 Å². The van der Waals surface area contributed by atoms with E-state index in [2.05, 4.69) is 39.9 Å². The van der Waals surface area contributed by atoms with E-state index >= 15 is 0 Å². The largest absolute Gasteiger partial charge is 0.258 e. The van der Waals surface area contributed by atoms with Crippen LogP contribution in [0.25, 0.3) is 11.3 Å². The van der Waals surface area contributed by atoms with E-state index in [0.717, 1.165) is 28.2 Å². The number of halogens is 2. The number of pyridine rings is 1. The first-order valence-electron chi connectivity index (χ1n) is 5.97. The summed E-state index contributed by atoms with van der Waals surface area (Å²) in [5.74, 6) is 0.249. The Bertz CT molecular complexity index is 590. The second-order valence-corrected chi connectivity index (χ2v) is 6.02. The van der Waals surface area contributed by atoms with Crippen LogP contribution in [0, 0.1) is 13.8 Å². The number of nitrogens with zero attached hydrogens (tertiary/aromatic N) is 3. The number of aromatic nitrogens is 3. The number of aryl methyl sites for hydroxylation is 2. The van der Waals surface area contributed by atoms with Crippen molar-refractivity contribution in [3.63, 3.8) is 0 Å². The van der Waals surface area contributed by atoms with Crippen LogP contribution < -0.4 is 0 Å². The van der Waals surface area contributed by atoms with Crippen molar-refractivity contribution in [2.75, 3.05) is 0 Å². The van der Waals surface area contributed by atoms with E-state index in [1.807, 2.05) is 26.0 Å². The lowest BCUT2D eigenvalue weighted by atomic mass is 9.99. The van der Waals surface area contributed by atoms with E-state index in [0.29, 0.717) is 4.60 Å². The zero-order valence-electron chi connectivity index (χ0n) is 11.2. The fraction of sp³-hybridized carbons (Fsp3) is 0.385.